The quantitative estimate of drug-likeness (QED) is 0.243. The minimum atomic E-state index is -0.694. The zero-order chi connectivity index (χ0) is 24.7. The van der Waals surface area contributed by atoms with Gasteiger partial charge in [0.1, 0.15) is 29.8 Å². The minimum absolute atomic E-state index is 0.000574. The van der Waals surface area contributed by atoms with E-state index in [1.807, 2.05) is 6.07 Å². The zero-order valence-electron chi connectivity index (χ0n) is 17.8. The van der Waals surface area contributed by atoms with Gasteiger partial charge >= 0.3 is 5.97 Å². The molecule has 0 aliphatic carbocycles. The maximum atomic E-state index is 13.5. The van der Waals surface area contributed by atoms with Gasteiger partial charge in [-0.05, 0) is 60.2 Å². The number of anilines is 1. The smallest absolute Gasteiger partial charge is 0.337 e. The van der Waals surface area contributed by atoms with Gasteiger partial charge in [0.25, 0.3) is 5.91 Å². The van der Waals surface area contributed by atoms with Crippen LogP contribution in [0.4, 0.5) is 10.1 Å². The van der Waals surface area contributed by atoms with Crippen LogP contribution in [0.15, 0.2) is 66.2 Å². The molecule has 3 aromatic rings. The Kier molecular flexibility index (Phi) is 8.25. The Bertz CT molecular complexity index is 1300. The number of carbonyl (C=O) groups is 2. The Labute approximate surface area is 205 Å². The first kappa shape index (κ1) is 24.8. The molecule has 34 heavy (non-hydrogen) atoms. The molecule has 1 N–H and O–H groups in total. The molecule has 0 saturated heterocycles. The van der Waals surface area contributed by atoms with Crippen LogP contribution in [0.3, 0.4) is 0 Å². The molecular formula is C25H17Cl2FN2O4. The van der Waals surface area contributed by atoms with Crippen molar-refractivity contribution in [3.63, 3.8) is 0 Å². The van der Waals surface area contributed by atoms with Crippen molar-refractivity contribution in [2.75, 3.05) is 12.4 Å². The molecule has 0 bridgehead atoms. The van der Waals surface area contributed by atoms with Crippen molar-refractivity contribution in [2.24, 2.45) is 0 Å². The summed E-state index contributed by atoms with van der Waals surface area (Å²) in [7, 11) is 1.26. The molecule has 0 radical (unpaired) electrons. The molecule has 3 rings (SSSR count). The summed E-state index contributed by atoms with van der Waals surface area (Å²) in [5.41, 5.74) is 1.29. The molecule has 1 amide bonds. The van der Waals surface area contributed by atoms with Crippen LogP contribution in [0.1, 0.15) is 21.5 Å². The Balaban J connectivity index is 1.84. The normalized spacial score (nSPS) is 10.9. The van der Waals surface area contributed by atoms with Crippen molar-refractivity contribution in [1.29, 1.82) is 5.26 Å². The third-order valence-electron chi connectivity index (χ3n) is 4.54. The van der Waals surface area contributed by atoms with E-state index in [4.69, 9.17) is 27.9 Å². The van der Waals surface area contributed by atoms with Crippen molar-refractivity contribution in [3.8, 4) is 11.8 Å². The number of nitriles is 1. The summed E-state index contributed by atoms with van der Waals surface area (Å²) >= 11 is 12.4. The lowest BCUT2D eigenvalue weighted by Gasteiger charge is -2.13. The van der Waals surface area contributed by atoms with Crippen molar-refractivity contribution in [3.05, 3.63) is 98.8 Å². The maximum absolute atomic E-state index is 13.5. The fraction of sp³-hybridized carbons (Fsp3) is 0.0800. The van der Waals surface area contributed by atoms with Crippen LogP contribution in [0.2, 0.25) is 10.0 Å². The van der Waals surface area contributed by atoms with E-state index in [2.05, 4.69) is 10.1 Å². The molecule has 0 fully saturated rings. The molecule has 3 aromatic carbocycles. The second kappa shape index (κ2) is 11.3. The zero-order valence-corrected chi connectivity index (χ0v) is 19.3. The van der Waals surface area contributed by atoms with Gasteiger partial charge in [0.2, 0.25) is 0 Å². The monoisotopic (exact) mass is 498 g/mol. The summed E-state index contributed by atoms with van der Waals surface area (Å²) in [6, 6.07) is 16.6. The van der Waals surface area contributed by atoms with Crippen LogP contribution in [0.25, 0.3) is 6.08 Å². The van der Waals surface area contributed by atoms with Crippen LogP contribution < -0.4 is 10.1 Å². The predicted octanol–water partition coefficient (Wildman–Crippen LogP) is 6.04. The first-order chi connectivity index (χ1) is 16.3. The Morgan fingerprint density at radius 2 is 1.85 bits per heavy atom. The number of esters is 1. The molecule has 0 unspecified atom stereocenters. The lowest BCUT2D eigenvalue weighted by molar-refractivity contribution is -0.112. The van der Waals surface area contributed by atoms with Crippen molar-refractivity contribution < 1.29 is 23.5 Å². The van der Waals surface area contributed by atoms with E-state index in [-0.39, 0.29) is 28.0 Å². The summed E-state index contributed by atoms with van der Waals surface area (Å²) in [5, 5.41) is 12.6. The van der Waals surface area contributed by atoms with E-state index in [1.54, 1.807) is 12.1 Å². The molecule has 9 heteroatoms. The molecule has 0 aliphatic heterocycles. The van der Waals surface area contributed by atoms with Crippen LogP contribution >= 0.6 is 23.2 Å². The number of nitrogens with zero attached hydrogens (tertiary/aromatic N) is 1. The molecule has 0 heterocycles. The van der Waals surface area contributed by atoms with Crippen LogP contribution in [0.5, 0.6) is 5.75 Å². The third-order valence-corrected chi connectivity index (χ3v) is 5.04. The van der Waals surface area contributed by atoms with Gasteiger partial charge in [0.05, 0.1) is 17.7 Å². The van der Waals surface area contributed by atoms with Gasteiger partial charge < -0.3 is 14.8 Å². The highest BCUT2D eigenvalue weighted by atomic mass is 35.5. The Morgan fingerprint density at radius 1 is 1.12 bits per heavy atom. The van der Waals surface area contributed by atoms with E-state index in [0.29, 0.717) is 22.4 Å². The van der Waals surface area contributed by atoms with Gasteiger partial charge in [-0.25, -0.2) is 9.18 Å². The van der Waals surface area contributed by atoms with E-state index < -0.39 is 17.7 Å². The summed E-state index contributed by atoms with van der Waals surface area (Å²) in [6.45, 7) is 0.000574. The minimum Gasteiger partial charge on any atom is -0.487 e. The number of amides is 1. The number of hydrogen-bond acceptors (Lipinski definition) is 5. The molecule has 0 atom stereocenters. The van der Waals surface area contributed by atoms with E-state index >= 15 is 0 Å². The largest absolute Gasteiger partial charge is 0.487 e. The van der Waals surface area contributed by atoms with Crippen molar-refractivity contribution >= 4 is 46.8 Å². The average molecular weight is 499 g/mol. The molecule has 0 aliphatic rings. The number of hydrogen-bond donors (Lipinski definition) is 1. The molecule has 0 aromatic heterocycles. The van der Waals surface area contributed by atoms with Crippen LogP contribution in [0, 0.1) is 17.1 Å². The van der Waals surface area contributed by atoms with E-state index in [9.17, 15) is 19.2 Å². The third kappa shape index (κ3) is 6.35. The molecule has 6 nitrogen and oxygen atoms in total. The van der Waals surface area contributed by atoms with Gasteiger partial charge in [0.15, 0.2) is 0 Å². The Morgan fingerprint density at radius 3 is 2.50 bits per heavy atom. The number of methoxy groups -OCH3 is 1. The predicted molar refractivity (Wildman–Crippen MR) is 127 cm³/mol. The van der Waals surface area contributed by atoms with Gasteiger partial charge in [0, 0.05) is 16.3 Å². The Hall–Kier alpha value is -3.86. The molecule has 172 valence electrons. The number of nitrogens with one attached hydrogen (secondary N) is 1. The summed E-state index contributed by atoms with van der Waals surface area (Å²) in [5.74, 6) is -1.44. The van der Waals surface area contributed by atoms with Crippen molar-refractivity contribution in [1.82, 2.24) is 0 Å². The average Bonchev–Trinajstić information content (AvgIpc) is 2.81. The van der Waals surface area contributed by atoms with E-state index in [1.165, 1.54) is 61.7 Å². The van der Waals surface area contributed by atoms with E-state index in [0.717, 1.165) is 0 Å². The number of carbonyl (C=O) groups excluding carboxylic acids is 2. The fourth-order valence-corrected chi connectivity index (χ4v) is 3.50. The van der Waals surface area contributed by atoms with Gasteiger partial charge in [-0.3, -0.25) is 4.79 Å². The SMILES string of the molecule is COC(=O)c1ccc(NC(=O)/C(C#N)=C/c2cc(Cl)cc(Cl)c2OCc2cccc(F)c2)cc1. The fourth-order valence-electron chi connectivity index (χ4n) is 2.93. The van der Waals surface area contributed by atoms with Gasteiger partial charge in [-0.1, -0.05) is 35.3 Å². The first-order valence-corrected chi connectivity index (χ1v) is 10.5. The lowest BCUT2D eigenvalue weighted by Crippen LogP contribution is -2.13. The molecule has 0 spiro atoms. The summed E-state index contributed by atoms with van der Waals surface area (Å²) in [4.78, 5) is 24.2. The number of halogens is 3. The summed E-state index contributed by atoms with van der Waals surface area (Å²) < 4.78 is 23.9. The highest BCUT2D eigenvalue weighted by molar-refractivity contribution is 6.36. The topological polar surface area (TPSA) is 88.4 Å². The number of ether oxygens (including phenoxy) is 2. The highest BCUT2D eigenvalue weighted by Crippen LogP contribution is 2.34. The number of benzene rings is 3. The second-order valence-electron chi connectivity index (χ2n) is 6.92. The van der Waals surface area contributed by atoms with Crippen molar-refractivity contribution in [2.45, 2.75) is 6.61 Å². The van der Waals surface area contributed by atoms with Crippen LogP contribution in [-0.2, 0) is 16.1 Å². The lowest BCUT2D eigenvalue weighted by atomic mass is 10.1. The van der Waals surface area contributed by atoms with Gasteiger partial charge in [-0.15, -0.1) is 0 Å². The highest BCUT2D eigenvalue weighted by Gasteiger charge is 2.15. The summed E-state index contributed by atoms with van der Waals surface area (Å²) in [6.07, 6.45) is 1.29. The standard InChI is InChI=1S/C25H17Cl2FN2O4/c1-33-25(32)16-5-7-21(8-6-16)30-24(31)18(13-29)10-17-11-19(26)12-22(27)23(17)34-14-15-3-2-4-20(28)9-15/h2-12H,14H2,1H3,(H,30,31)/b18-10+. The maximum Gasteiger partial charge on any atom is 0.337 e. The molecule has 0 saturated carbocycles. The number of rotatable bonds is 7. The second-order valence-corrected chi connectivity index (χ2v) is 7.76. The first-order valence-electron chi connectivity index (χ1n) is 9.78. The molecular weight excluding hydrogens is 482 g/mol. The van der Waals surface area contributed by atoms with Crippen LogP contribution in [-0.4, -0.2) is 19.0 Å². The van der Waals surface area contributed by atoms with Gasteiger partial charge in [-0.2, -0.15) is 5.26 Å².